The quantitative estimate of drug-likeness (QED) is 0.823. The van der Waals surface area contributed by atoms with E-state index in [1.54, 1.807) is 0 Å². The first kappa shape index (κ1) is 13.7. The summed E-state index contributed by atoms with van der Waals surface area (Å²) in [6.07, 6.45) is 1.31. The molecule has 0 radical (unpaired) electrons. The van der Waals surface area contributed by atoms with Crippen molar-refractivity contribution in [3.63, 3.8) is 0 Å². The van der Waals surface area contributed by atoms with E-state index in [0.717, 1.165) is 24.0 Å². The molecule has 0 aromatic heterocycles. The summed E-state index contributed by atoms with van der Waals surface area (Å²) in [5.41, 5.74) is 1.29. The molecule has 100 valence electrons. The van der Waals surface area contributed by atoms with Crippen molar-refractivity contribution >= 4 is 17.3 Å². The molecule has 0 bridgehead atoms. The highest BCUT2D eigenvalue weighted by Gasteiger charge is 2.16. The number of rotatable bonds is 4. The number of nitrogens with zero attached hydrogens (tertiary/aromatic N) is 2. The molecule has 1 aliphatic heterocycles. The number of halogens is 1. The fourth-order valence-corrected chi connectivity index (χ4v) is 2.45. The van der Waals surface area contributed by atoms with Gasteiger partial charge in [0.2, 0.25) is 0 Å². The first-order valence-electron chi connectivity index (χ1n) is 6.88. The second-order valence-electron chi connectivity index (χ2n) is 5.49. The van der Waals surface area contributed by atoms with Gasteiger partial charge in [-0.2, -0.15) is 0 Å². The van der Waals surface area contributed by atoms with Gasteiger partial charge in [-0.1, -0.05) is 25.4 Å². The van der Waals surface area contributed by atoms with Crippen LogP contribution in [0.5, 0.6) is 0 Å². The van der Waals surface area contributed by atoms with Crippen LogP contribution < -0.4 is 4.90 Å². The molecule has 3 heteroatoms. The summed E-state index contributed by atoms with van der Waals surface area (Å²) in [5, 5.41) is 0.814. The van der Waals surface area contributed by atoms with Gasteiger partial charge in [0.15, 0.2) is 0 Å². The first-order chi connectivity index (χ1) is 8.65. The molecule has 1 fully saturated rings. The Bertz CT molecular complexity index is 353. The molecule has 1 saturated heterocycles. The van der Waals surface area contributed by atoms with E-state index in [9.17, 15) is 0 Å². The largest absolute Gasteiger partial charge is 0.369 e. The van der Waals surface area contributed by atoms with Crippen LogP contribution in [-0.2, 0) is 0 Å². The van der Waals surface area contributed by atoms with Gasteiger partial charge in [0, 0.05) is 36.9 Å². The smallest absolute Gasteiger partial charge is 0.0407 e. The van der Waals surface area contributed by atoms with Crippen molar-refractivity contribution in [3.05, 3.63) is 29.3 Å². The molecular weight excluding hydrogens is 244 g/mol. The Kier molecular flexibility index (Phi) is 4.90. The van der Waals surface area contributed by atoms with Crippen LogP contribution in [0.25, 0.3) is 0 Å². The molecule has 1 heterocycles. The summed E-state index contributed by atoms with van der Waals surface area (Å²) >= 11 is 5.92. The Morgan fingerprint density at radius 3 is 2.22 bits per heavy atom. The molecule has 0 N–H and O–H groups in total. The number of hydrogen-bond donors (Lipinski definition) is 0. The first-order valence-corrected chi connectivity index (χ1v) is 7.26. The molecule has 0 aliphatic carbocycles. The normalized spacial score (nSPS) is 17.4. The average molecular weight is 267 g/mol. The summed E-state index contributed by atoms with van der Waals surface area (Å²) in [5.74, 6) is 0.805. The maximum Gasteiger partial charge on any atom is 0.0407 e. The zero-order chi connectivity index (χ0) is 13.0. The monoisotopic (exact) mass is 266 g/mol. The van der Waals surface area contributed by atoms with E-state index in [0.29, 0.717) is 0 Å². The molecule has 0 atom stereocenters. The van der Waals surface area contributed by atoms with Crippen LogP contribution in [0.1, 0.15) is 20.3 Å². The maximum absolute atomic E-state index is 5.92. The number of anilines is 1. The molecular formula is C15H23ClN2. The van der Waals surface area contributed by atoms with Crippen LogP contribution in [0.4, 0.5) is 5.69 Å². The zero-order valence-electron chi connectivity index (χ0n) is 11.4. The lowest BCUT2D eigenvalue weighted by Crippen LogP contribution is -2.46. The lowest BCUT2D eigenvalue weighted by molar-refractivity contribution is 0.244. The van der Waals surface area contributed by atoms with Crippen molar-refractivity contribution in [2.75, 3.05) is 37.6 Å². The van der Waals surface area contributed by atoms with Crippen LogP contribution in [0.15, 0.2) is 24.3 Å². The van der Waals surface area contributed by atoms with E-state index in [2.05, 4.69) is 35.8 Å². The Morgan fingerprint density at radius 2 is 1.67 bits per heavy atom. The van der Waals surface area contributed by atoms with Gasteiger partial charge in [0.05, 0.1) is 0 Å². The third-order valence-electron chi connectivity index (χ3n) is 3.59. The molecule has 18 heavy (non-hydrogen) atoms. The van der Waals surface area contributed by atoms with Crippen molar-refractivity contribution in [3.8, 4) is 0 Å². The van der Waals surface area contributed by atoms with Gasteiger partial charge >= 0.3 is 0 Å². The average Bonchev–Trinajstić information content (AvgIpc) is 2.38. The molecule has 1 aromatic rings. The highest BCUT2D eigenvalue weighted by molar-refractivity contribution is 6.30. The Labute approximate surface area is 116 Å². The lowest BCUT2D eigenvalue weighted by Gasteiger charge is -2.36. The lowest BCUT2D eigenvalue weighted by atomic mass is 10.1. The van der Waals surface area contributed by atoms with Gasteiger partial charge in [-0.3, -0.25) is 4.90 Å². The molecule has 0 saturated carbocycles. The molecule has 0 amide bonds. The second-order valence-corrected chi connectivity index (χ2v) is 5.92. The zero-order valence-corrected chi connectivity index (χ0v) is 12.2. The number of benzene rings is 1. The van der Waals surface area contributed by atoms with Gasteiger partial charge in [-0.25, -0.2) is 0 Å². The van der Waals surface area contributed by atoms with Crippen molar-refractivity contribution in [2.45, 2.75) is 20.3 Å². The van der Waals surface area contributed by atoms with E-state index in [4.69, 9.17) is 11.6 Å². The van der Waals surface area contributed by atoms with E-state index in [1.165, 1.54) is 31.7 Å². The number of piperazine rings is 1. The molecule has 1 aliphatic rings. The van der Waals surface area contributed by atoms with Crippen molar-refractivity contribution in [1.29, 1.82) is 0 Å². The van der Waals surface area contributed by atoms with E-state index < -0.39 is 0 Å². The second kappa shape index (κ2) is 6.44. The van der Waals surface area contributed by atoms with Gasteiger partial charge in [0.1, 0.15) is 0 Å². The molecule has 2 nitrogen and oxygen atoms in total. The summed E-state index contributed by atoms with van der Waals surface area (Å²) in [7, 11) is 0. The fourth-order valence-electron chi connectivity index (χ4n) is 2.32. The van der Waals surface area contributed by atoms with Gasteiger partial charge < -0.3 is 4.90 Å². The van der Waals surface area contributed by atoms with Crippen LogP contribution in [0, 0.1) is 5.92 Å². The third kappa shape index (κ3) is 3.89. The summed E-state index contributed by atoms with van der Waals surface area (Å²) in [4.78, 5) is 5.02. The standard InChI is InChI=1S/C15H23ClN2/c1-13(2)7-8-17-9-11-18(12-10-17)15-5-3-14(16)4-6-15/h3-6,13H,7-12H2,1-2H3. The Morgan fingerprint density at radius 1 is 1.06 bits per heavy atom. The summed E-state index contributed by atoms with van der Waals surface area (Å²) in [6.45, 7) is 10.4. The van der Waals surface area contributed by atoms with Crippen LogP contribution in [-0.4, -0.2) is 37.6 Å². The van der Waals surface area contributed by atoms with Gasteiger partial charge in [-0.15, -0.1) is 0 Å². The van der Waals surface area contributed by atoms with E-state index in [1.807, 2.05) is 12.1 Å². The summed E-state index contributed by atoms with van der Waals surface area (Å²) < 4.78 is 0. The predicted octanol–water partition coefficient (Wildman–Crippen LogP) is 3.51. The molecule has 2 rings (SSSR count). The third-order valence-corrected chi connectivity index (χ3v) is 3.84. The van der Waals surface area contributed by atoms with Gasteiger partial charge in [0.25, 0.3) is 0 Å². The van der Waals surface area contributed by atoms with Gasteiger partial charge in [-0.05, 0) is 43.1 Å². The van der Waals surface area contributed by atoms with Crippen molar-refractivity contribution < 1.29 is 0 Å². The Hall–Kier alpha value is -0.730. The van der Waals surface area contributed by atoms with Crippen LogP contribution >= 0.6 is 11.6 Å². The Balaban J connectivity index is 1.81. The minimum Gasteiger partial charge on any atom is -0.369 e. The molecule has 0 unspecified atom stereocenters. The fraction of sp³-hybridized carbons (Fsp3) is 0.600. The number of hydrogen-bond acceptors (Lipinski definition) is 2. The summed E-state index contributed by atoms with van der Waals surface area (Å²) in [6, 6.07) is 8.18. The minimum atomic E-state index is 0.805. The maximum atomic E-state index is 5.92. The minimum absolute atomic E-state index is 0.805. The van der Waals surface area contributed by atoms with Crippen LogP contribution in [0.3, 0.4) is 0 Å². The van der Waals surface area contributed by atoms with Crippen molar-refractivity contribution in [1.82, 2.24) is 4.90 Å². The highest BCUT2D eigenvalue weighted by Crippen LogP contribution is 2.19. The van der Waals surface area contributed by atoms with E-state index in [-0.39, 0.29) is 0 Å². The molecule has 0 spiro atoms. The highest BCUT2D eigenvalue weighted by atomic mass is 35.5. The SMILES string of the molecule is CC(C)CCN1CCN(c2ccc(Cl)cc2)CC1. The molecule has 1 aromatic carbocycles. The van der Waals surface area contributed by atoms with Crippen molar-refractivity contribution in [2.24, 2.45) is 5.92 Å². The predicted molar refractivity (Wildman–Crippen MR) is 79.6 cm³/mol. The van der Waals surface area contributed by atoms with E-state index >= 15 is 0 Å². The van der Waals surface area contributed by atoms with Crippen LogP contribution in [0.2, 0.25) is 5.02 Å². The topological polar surface area (TPSA) is 6.48 Å².